The fourth-order valence-corrected chi connectivity index (χ4v) is 3.25. The van der Waals surface area contributed by atoms with E-state index in [1.807, 2.05) is 0 Å². The minimum Gasteiger partial charge on any atom is -0.392 e. The van der Waals surface area contributed by atoms with E-state index in [9.17, 15) is 17.9 Å². The van der Waals surface area contributed by atoms with E-state index in [4.69, 9.17) is 11.6 Å². The number of benzene rings is 2. The Balaban J connectivity index is 2.20. The first-order chi connectivity index (χ1) is 9.94. The molecule has 0 saturated carbocycles. The van der Waals surface area contributed by atoms with Gasteiger partial charge < -0.3 is 5.11 Å². The van der Waals surface area contributed by atoms with Gasteiger partial charge in [-0.25, -0.2) is 17.5 Å². The number of halogens is 2. The molecule has 0 unspecified atom stereocenters. The third-order valence-electron chi connectivity index (χ3n) is 2.88. The van der Waals surface area contributed by atoms with Crippen molar-refractivity contribution >= 4 is 21.6 Å². The van der Waals surface area contributed by atoms with Crippen LogP contribution in [0.1, 0.15) is 11.1 Å². The van der Waals surface area contributed by atoms with Gasteiger partial charge >= 0.3 is 0 Å². The highest BCUT2D eigenvalue weighted by atomic mass is 35.5. The fourth-order valence-electron chi connectivity index (χ4n) is 1.80. The Morgan fingerprint density at radius 2 is 1.90 bits per heavy atom. The van der Waals surface area contributed by atoms with Gasteiger partial charge in [-0.3, -0.25) is 0 Å². The lowest BCUT2D eigenvalue weighted by Crippen LogP contribution is -2.24. The number of hydrogen-bond acceptors (Lipinski definition) is 3. The topological polar surface area (TPSA) is 66.4 Å². The van der Waals surface area contributed by atoms with Gasteiger partial charge in [0, 0.05) is 6.54 Å². The van der Waals surface area contributed by atoms with Crippen molar-refractivity contribution in [2.24, 2.45) is 0 Å². The van der Waals surface area contributed by atoms with Crippen molar-refractivity contribution in [1.29, 1.82) is 0 Å². The molecule has 0 aliphatic rings. The van der Waals surface area contributed by atoms with Crippen LogP contribution < -0.4 is 4.72 Å². The summed E-state index contributed by atoms with van der Waals surface area (Å²) in [6.45, 7) is -0.401. The molecule has 0 aromatic heterocycles. The molecule has 0 heterocycles. The van der Waals surface area contributed by atoms with E-state index in [0.29, 0.717) is 11.1 Å². The molecule has 2 N–H and O–H groups in total. The molecule has 0 fully saturated rings. The second kappa shape index (κ2) is 6.53. The van der Waals surface area contributed by atoms with Crippen LogP contribution in [0, 0.1) is 5.82 Å². The van der Waals surface area contributed by atoms with Gasteiger partial charge in [-0.2, -0.15) is 0 Å². The van der Waals surface area contributed by atoms with Crippen LogP contribution in [0.2, 0.25) is 5.02 Å². The summed E-state index contributed by atoms with van der Waals surface area (Å²) >= 11 is 5.64. The first kappa shape index (κ1) is 15.9. The normalized spacial score (nSPS) is 11.6. The van der Waals surface area contributed by atoms with Gasteiger partial charge in [0.05, 0.1) is 16.5 Å². The monoisotopic (exact) mass is 329 g/mol. The molecule has 0 aliphatic heterocycles. The van der Waals surface area contributed by atoms with E-state index in [1.165, 1.54) is 30.3 Å². The lowest BCUT2D eigenvalue weighted by molar-refractivity contribution is 0.278. The van der Waals surface area contributed by atoms with Crippen molar-refractivity contribution < 1.29 is 17.9 Å². The maximum Gasteiger partial charge on any atom is 0.241 e. The second-order valence-electron chi connectivity index (χ2n) is 4.34. The summed E-state index contributed by atoms with van der Waals surface area (Å²) in [6.07, 6.45) is 0. The SMILES string of the molecule is O=S(=O)(NCc1ccc(F)c(Cl)c1)c1ccccc1CO. The van der Waals surface area contributed by atoms with Crippen molar-refractivity contribution in [2.75, 3.05) is 0 Å². The second-order valence-corrected chi connectivity index (χ2v) is 6.48. The average molecular weight is 330 g/mol. The van der Waals surface area contributed by atoms with Crippen molar-refractivity contribution in [3.8, 4) is 0 Å². The highest BCUT2D eigenvalue weighted by Gasteiger charge is 2.17. The number of hydrogen-bond donors (Lipinski definition) is 2. The highest BCUT2D eigenvalue weighted by molar-refractivity contribution is 7.89. The fraction of sp³-hybridized carbons (Fsp3) is 0.143. The quantitative estimate of drug-likeness (QED) is 0.885. The number of sulfonamides is 1. The van der Waals surface area contributed by atoms with Crippen molar-refractivity contribution in [1.82, 2.24) is 4.72 Å². The van der Waals surface area contributed by atoms with Gasteiger partial charge in [0.25, 0.3) is 0 Å². The van der Waals surface area contributed by atoms with E-state index < -0.39 is 15.8 Å². The summed E-state index contributed by atoms with van der Waals surface area (Å²) in [7, 11) is -3.77. The van der Waals surface area contributed by atoms with Crippen LogP contribution in [0.4, 0.5) is 4.39 Å². The Morgan fingerprint density at radius 3 is 2.57 bits per heavy atom. The van der Waals surface area contributed by atoms with Crippen LogP contribution >= 0.6 is 11.6 Å². The molecule has 0 atom stereocenters. The summed E-state index contributed by atoms with van der Waals surface area (Å²) < 4.78 is 39.8. The Hall–Kier alpha value is -1.47. The number of rotatable bonds is 5. The van der Waals surface area contributed by atoms with Crippen LogP contribution in [0.15, 0.2) is 47.4 Å². The van der Waals surface area contributed by atoms with Crippen LogP contribution in [0.25, 0.3) is 0 Å². The molecule has 7 heteroatoms. The van der Waals surface area contributed by atoms with Gasteiger partial charge in [0.1, 0.15) is 5.82 Å². The van der Waals surface area contributed by atoms with Crippen molar-refractivity contribution in [3.63, 3.8) is 0 Å². The number of aliphatic hydroxyl groups excluding tert-OH is 1. The van der Waals surface area contributed by atoms with E-state index in [1.54, 1.807) is 12.1 Å². The average Bonchev–Trinajstić information content (AvgIpc) is 2.48. The van der Waals surface area contributed by atoms with Gasteiger partial charge in [0.2, 0.25) is 10.0 Å². The molecule has 0 spiro atoms. The third-order valence-corrected chi connectivity index (χ3v) is 4.67. The van der Waals surface area contributed by atoms with Crippen molar-refractivity contribution in [2.45, 2.75) is 18.0 Å². The van der Waals surface area contributed by atoms with Gasteiger partial charge in [-0.1, -0.05) is 35.9 Å². The maximum absolute atomic E-state index is 13.0. The zero-order valence-corrected chi connectivity index (χ0v) is 12.5. The van der Waals surface area contributed by atoms with Crippen LogP contribution in [0.3, 0.4) is 0 Å². The predicted octanol–water partition coefficient (Wildman–Crippen LogP) is 2.45. The predicted molar refractivity (Wildman–Crippen MR) is 77.8 cm³/mol. The van der Waals surface area contributed by atoms with Crippen LogP contribution in [-0.4, -0.2) is 13.5 Å². The van der Waals surface area contributed by atoms with Crippen LogP contribution in [-0.2, 0) is 23.2 Å². The summed E-state index contributed by atoms with van der Waals surface area (Å²) in [5.74, 6) is -0.561. The molecule has 2 aromatic rings. The first-order valence-corrected chi connectivity index (χ1v) is 7.92. The third kappa shape index (κ3) is 3.79. The standard InChI is InChI=1S/C14H13ClFNO3S/c15-12-7-10(5-6-13(12)16)8-17-21(19,20)14-4-2-1-3-11(14)9-18/h1-7,17-18H,8-9H2. The molecule has 2 rings (SSSR count). The molecule has 112 valence electrons. The highest BCUT2D eigenvalue weighted by Crippen LogP contribution is 2.18. The Morgan fingerprint density at radius 1 is 1.19 bits per heavy atom. The summed E-state index contributed by atoms with van der Waals surface area (Å²) in [5, 5.41) is 9.12. The van der Waals surface area contributed by atoms with Gasteiger partial charge in [-0.05, 0) is 29.3 Å². The minimum absolute atomic E-state index is 0.0145. The zero-order valence-electron chi connectivity index (χ0n) is 10.9. The van der Waals surface area contributed by atoms with E-state index in [0.717, 1.165) is 0 Å². The smallest absolute Gasteiger partial charge is 0.241 e. The molecule has 4 nitrogen and oxygen atoms in total. The zero-order chi connectivity index (χ0) is 15.5. The molecule has 0 radical (unpaired) electrons. The Labute approximate surface area is 127 Å². The number of aliphatic hydroxyl groups is 1. The molecule has 0 bridgehead atoms. The Bertz CT molecular complexity index is 750. The largest absolute Gasteiger partial charge is 0.392 e. The lowest BCUT2D eigenvalue weighted by atomic mass is 10.2. The van der Waals surface area contributed by atoms with Crippen LogP contribution in [0.5, 0.6) is 0 Å². The number of nitrogens with one attached hydrogen (secondary N) is 1. The molecular formula is C14H13ClFNO3S. The molecule has 21 heavy (non-hydrogen) atoms. The van der Waals surface area contributed by atoms with Gasteiger partial charge in [-0.15, -0.1) is 0 Å². The molecule has 0 aliphatic carbocycles. The minimum atomic E-state index is -3.77. The van der Waals surface area contributed by atoms with E-state index >= 15 is 0 Å². The Kier molecular flexibility index (Phi) is 4.95. The molecule has 0 amide bonds. The van der Waals surface area contributed by atoms with E-state index in [-0.39, 0.29) is 23.1 Å². The molecule has 0 saturated heterocycles. The van der Waals surface area contributed by atoms with Crippen molar-refractivity contribution in [3.05, 3.63) is 64.4 Å². The first-order valence-electron chi connectivity index (χ1n) is 6.06. The van der Waals surface area contributed by atoms with Gasteiger partial charge in [0.15, 0.2) is 0 Å². The van der Waals surface area contributed by atoms with E-state index in [2.05, 4.69) is 4.72 Å². The maximum atomic E-state index is 13.0. The molecular weight excluding hydrogens is 317 g/mol. The lowest BCUT2D eigenvalue weighted by Gasteiger charge is -2.10. The molecule has 2 aromatic carbocycles. The summed E-state index contributed by atoms with van der Waals surface area (Å²) in [4.78, 5) is 0.0145. The summed E-state index contributed by atoms with van der Waals surface area (Å²) in [5.41, 5.74) is 0.841. The summed E-state index contributed by atoms with van der Waals surface area (Å²) in [6, 6.07) is 10.1.